The number of amides is 1. The van der Waals surface area contributed by atoms with Crippen molar-refractivity contribution in [2.75, 3.05) is 11.6 Å². The highest BCUT2D eigenvalue weighted by Crippen LogP contribution is 2.52. The van der Waals surface area contributed by atoms with Gasteiger partial charge in [0.05, 0.1) is 17.5 Å². The van der Waals surface area contributed by atoms with E-state index < -0.39 is 11.9 Å². The van der Waals surface area contributed by atoms with E-state index in [1.165, 1.54) is 0 Å². The molecule has 0 aromatic heterocycles. The van der Waals surface area contributed by atoms with Crippen molar-refractivity contribution in [1.82, 2.24) is 0 Å². The van der Waals surface area contributed by atoms with Gasteiger partial charge in [-0.25, -0.2) is 0 Å². The maximum atomic E-state index is 12.6. The number of aliphatic carboxylic acids is 1. The first-order chi connectivity index (χ1) is 10.1. The molecule has 4 nitrogen and oxygen atoms in total. The summed E-state index contributed by atoms with van der Waals surface area (Å²) in [7, 11) is 0. The molecular formula is C16H19NO3S. The fraction of sp³-hybridized carbons (Fsp3) is 0.500. The van der Waals surface area contributed by atoms with Crippen LogP contribution in [0.5, 0.6) is 0 Å². The number of thioether (sulfide) groups is 1. The highest BCUT2D eigenvalue weighted by Gasteiger charge is 2.54. The van der Waals surface area contributed by atoms with E-state index in [1.807, 2.05) is 30.5 Å². The van der Waals surface area contributed by atoms with Gasteiger partial charge in [-0.2, -0.15) is 0 Å². The summed E-state index contributed by atoms with van der Waals surface area (Å²) >= 11 is 1.57. The molecule has 0 radical (unpaired) electrons. The van der Waals surface area contributed by atoms with Gasteiger partial charge in [-0.3, -0.25) is 9.59 Å². The smallest absolute Gasteiger partial charge is 0.307 e. The van der Waals surface area contributed by atoms with Crippen molar-refractivity contribution in [1.29, 1.82) is 0 Å². The third-order valence-electron chi connectivity index (χ3n) is 4.87. The predicted molar refractivity (Wildman–Crippen MR) is 82.3 cm³/mol. The van der Waals surface area contributed by atoms with Crippen molar-refractivity contribution < 1.29 is 14.7 Å². The minimum absolute atomic E-state index is 0.129. The Kier molecular flexibility index (Phi) is 3.93. The topological polar surface area (TPSA) is 66.4 Å². The second-order valence-electron chi connectivity index (χ2n) is 5.91. The Hall–Kier alpha value is -1.49. The van der Waals surface area contributed by atoms with Crippen LogP contribution in [0.3, 0.4) is 0 Å². The van der Waals surface area contributed by atoms with Gasteiger partial charge in [0, 0.05) is 4.90 Å². The normalized spacial score (nSPS) is 30.3. The lowest BCUT2D eigenvalue weighted by molar-refractivity contribution is -0.148. The molecule has 1 amide bonds. The molecule has 0 aliphatic heterocycles. The molecule has 0 spiro atoms. The van der Waals surface area contributed by atoms with Gasteiger partial charge >= 0.3 is 5.97 Å². The molecule has 2 N–H and O–H groups in total. The molecule has 2 aliphatic carbocycles. The van der Waals surface area contributed by atoms with E-state index in [-0.39, 0.29) is 23.7 Å². The number of carbonyl (C=O) groups is 2. The Morgan fingerprint density at radius 1 is 1.19 bits per heavy atom. The summed E-state index contributed by atoms with van der Waals surface area (Å²) in [5.74, 6) is -1.42. The van der Waals surface area contributed by atoms with Crippen LogP contribution in [0.1, 0.15) is 19.3 Å². The lowest BCUT2D eigenvalue weighted by Crippen LogP contribution is -2.37. The number of nitrogens with one attached hydrogen (secondary N) is 1. The van der Waals surface area contributed by atoms with Crippen molar-refractivity contribution in [3.05, 3.63) is 24.3 Å². The third-order valence-corrected chi connectivity index (χ3v) is 5.66. The summed E-state index contributed by atoms with van der Waals surface area (Å²) in [6.07, 6.45) is 4.78. The molecule has 0 heterocycles. The first-order valence-electron chi connectivity index (χ1n) is 7.28. The first-order valence-corrected chi connectivity index (χ1v) is 8.51. The summed E-state index contributed by atoms with van der Waals surface area (Å²) in [6, 6.07) is 7.63. The van der Waals surface area contributed by atoms with Crippen molar-refractivity contribution in [2.45, 2.75) is 24.2 Å². The fourth-order valence-electron chi connectivity index (χ4n) is 3.99. The van der Waals surface area contributed by atoms with Crippen LogP contribution >= 0.6 is 11.8 Å². The number of anilines is 1. The highest BCUT2D eigenvalue weighted by molar-refractivity contribution is 7.98. The number of carbonyl (C=O) groups excluding carboxylic acids is 1. The molecule has 112 valence electrons. The molecule has 3 rings (SSSR count). The number of hydrogen-bond donors (Lipinski definition) is 2. The van der Waals surface area contributed by atoms with E-state index in [2.05, 4.69) is 5.32 Å². The standard InChI is InChI=1S/C16H19NO3S/c1-21-12-5-3-2-4-11(12)17-15(18)13-9-6-7-10(8-9)14(13)16(19)20/h2-5,9-10,13-14H,6-8H2,1H3,(H,17,18)(H,19,20)/t9-,10+,13+,14+/m1/s1. The van der Waals surface area contributed by atoms with E-state index >= 15 is 0 Å². The Morgan fingerprint density at radius 2 is 1.86 bits per heavy atom. The Morgan fingerprint density at radius 3 is 2.52 bits per heavy atom. The maximum Gasteiger partial charge on any atom is 0.307 e. The maximum absolute atomic E-state index is 12.6. The van der Waals surface area contributed by atoms with Gasteiger partial charge < -0.3 is 10.4 Å². The monoisotopic (exact) mass is 305 g/mol. The van der Waals surface area contributed by atoms with Crippen molar-refractivity contribution in [2.24, 2.45) is 23.7 Å². The molecule has 1 aromatic carbocycles. The van der Waals surface area contributed by atoms with Crippen molar-refractivity contribution in [3.8, 4) is 0 Å². The molecular weight excluding hydrogens is 286 g/mol. The molecule has 0 unspecified atom stereocenters. The van der Waals surface area contributed by atoms with Gasteiger partial charge in [0.25, 0.3) is 0 Å². The lowest BCUT2D eigenvalue weighted by atomic mass is 9.78. The summed E-state index contributed by atoms with van der Waals surface area (Å²) in [5, 5.41) is 12.4. The second-order valence-corrected chi connectivity index (χ2v) is 6.76. The predicted octanol–water partition coefficient (Wildman–Crippen LogP) is 3.09. The molecule has 2 bridgehead atoms. The van der Waals surface area contributed by atoms with E-state index in [0.717, 1.165) is 29.8 Å². The summed E-state index contributed by atoms with van der Waals surface area (Å²) < 4.78 is 0. The number of carboxylic acid groups (broad SMARTS) is 1. The molecule has 0 saturated heterocycles. The van der Waals surface area contributed by atoms with E-state index in [1.54, 1.807) is 11.8 Å². The van der Waals surface area contributed by atoms with Crippen LogP contribution in [-0.2, 0) is 9.59 Å². The summed E-state index contributed by atoms with van der Waals surface area (Å²) in [5.41, 5.74) is 0.780. The second kappa shape index (κ2) is 5.72. The molecule has 21 heavy (non-hydrogen) atoms. The average Bonchev–Trinajstić information content (AvgIpc) is 3.08. The van der Waals surface area contributed by atoms with Crippen molar-refractivity contribution >= 4 is 29.3 Å². The lowest BCUT2D eigenvalue weighted by Gasteiger charge is -2.27. The Balaban J connectivity index is 1.80. The summed E-state index contributed by atoms with van der Waals surface area (Å²) in [4.78, 5) is 25.1. The number of hydrogen-bond acceptors (Lipinski definition) is 3. The highest BCUT2D eigenvalue weighted by atomic mass is 32.2. The largest absolute Gasteiger partial charge is 0.481 e. The van der Waals surface area contributed by atoms with Gasteiger partial charge in [-0.05, 0) is 49.5 Å². The molecule has 4 atom stereocenters. The number of rotatable bonds is 4. The van der Waals surface area contributed by atoms with Crippen LogP contribution in [0.25, 0.3) is 0 Å². The average molecular weight is 305 g/mol. The number of carboxylic acids is 1. The quantitative estimate of drug-likeness (QED) is 0.839. The van der Waals surface area contributed by atoms with Crippen LogP contribution in [0, 0.1) is 23.7 Å². The Bertz CT molecular complexity index is 574. The van der Waals surface area contributed by atoms with Crippen LogP contribution < -0.4 is 5.32 Å². The van der Waals surface area contributed by atoms with Gasteiger partial charge in [0.2, 0.25) is 5.91 Å². The van der Waals surface area contributed by atoms with Gasteiger partial charge in [0.1, 0.15) is 0 Å². The SMILES string of the molecule is CSc1ccccc1NC(=O)[C@H]1[C@@H]2CC[C@@H](C2)[C@@H]1C(=O)O. The fourth-order valence-corrected chi connectivity index (χ4v) is 4.54. The van der Waals surface area contributed by atoms with Crippen LogP contribution in [0.15, 0.2) is 29.2 Å². The number of para-hydroxylation sites is 1. The zero-order chi connectivity index (χ0) is 15.0. The Labute approximate surface area is 128 Å². The number of benzene rings is 1. The van der Waals surface area contributed by atoms with Gasteiger partial charge in [-0.1, -0.05) is 12.1 Å². The van der Waals surface area contributed by atoms with E-state index in [4.69, 9.17) is 0 Å². The van der Waals surface area contributed by atoms with E-state index in [0.29, 0.717) is 0 Å². The van der Waals surface area contributed by atoms with Gasteiger partial charge in [0.15, 0.2) is 0 Å². The summed E-state index contributed by atoms with van der Waals surface area (Å²) in [6.45, 7) is 0. The molecule has 2 fully saturated rings. The van der Waals surface area contributed by atoms with Crippen LogP contribution in [0.4, 0.5) is 5.69 Å². The first kappa shape index (κ1) is 14.4. The zero-order valence-corrected chi connectivity index (χ0v) is 12.7. The van der Waals surface area contributed by atoms with Crippen molar-refractivity contribution in [3.63, 3.8) is 0 Å². The minimum atomic E-state index is -0.819. The van der Waals surface area contributed by atoms with E-state index in [9.17, 15) is 14.7 Å². The third kappa shape index (κ3) is 2.55. The molecule has 5 heteroatoms. The van der Waals surface area contributed by atoms with Crippen LogP contribution in [-0.4, -0.2) is 23.2 Å². The molecule has 1 aromatic rings. The minimum Gasteiger partial charge on any atom is -0.481 e. The zero-order valence-electron chi connectivity index (χ0n) is 11.9. The molecule has 2 saturated carbocycles. The molecule has 2 aliphatic rings. The van der Waals surface area contributed by atoms with Crippen LogP contribution in [0.2, 0.25) is 0 Å². The number of fused-ring (bicyclic) bond motifs is 2. The van der Waals surface area contributed by atoms with Gasteiger partial charge in [-0.15, -0.1) is 11.8 Å².